The van der Waals surface area contributed by atoms with E-state index < -0.39 is 10.8 Å². The van der Waals surface area contributed by atoms with Gasteiger partial charge in [-0.15, -0.1) is 0 Å². The van der Waals surface area contributed by atoms with Crippen molar-refractivity contribution in [3.05, 3.63) is 29.3 Å². The lowest BCUT2D eigenvalue weighted by Crippen LogP contribution is -2.21. The average molecular weight is 266 g/mol. The number of hydrogen-bond donors (Lipinski definition) is 2. The van der Waals surface area contributed by atoms with Crippen molar-refractivity contribution in [3.63, 3.8) is 0 Å². The standard InChI is InChI=1S/C14H22N2OS/c1-11(18(2)17)6-8-15-10-13-5-3-4-12-7-9-16-14(12)13/h3-5,11,15-16H,6-10H2,1-2H3. The van der Waals surface area contributed by atoms with Crippen molar-refractivity contribution >= 4 is 16.5 Å². The first-order valence-corrected chi connectivity index (χ1v) is 8.18. The van der Waals surface area contributed by atoms with Crippen LogP contribution >= 0.6 is 0 Å². The first-order valence-electron chi connectivity index (χ1n) is 6.56. The molecular weight excluding hydrogens is 244 g/mol. The Morgan fingerprint density at radius 3 is 3.11 bits per heavy atom. The molecule has 2 N–H and O–H groups in total. The van der Waals surface area contributed by atoms with Crippen LogP contribution in [0.1, 0.15) is 24.5 Å². The number of fused-ring (bicyclic) bond motifs is 1. The van der Waals surface area contributed by atoms with Gasteiger partial charge in [0.05, 0.1) is 0 Å². The van der Waals surface area contributed by atoms with Crippen LogP contribution in [-0.2, 0) is 23.8 Å². The second-order valence-electron chi connectivity index (χ2n) is 4.90. The van der Waals surface area contributed by atoms with E-state index in [1.165, 1.54) is 16.8 Å². The van der Waals surface area contributed by atoms with Gasteiger partial charge in [-0.2, -0.15) is 0 Å². The molecule has 0 spiro atoms. The van der Waals surface area contributed by atoms with Crippen molar-refractivity contribution in [2.24, 2.45) is 0 Å². The Hall–Kier alpha value is -0.870. The SMILES string of the molecule is CC(CCNCc1cccc2c1NCC2)S(C)=O. The molecule has 0 radical (unpaired) electrons. The minimum absolute atomic E-state index is 0.275. The first kappa shape index (κ1) is 13.6. The summed E-state index contributed by atoms with van der Waals surface area (Å²) in [6, 6.07) is 6.50. The number of benzene rings is 1. The largest absolute Gasteiger partial charge is 0.384 e. The van der Waals surface area contributed by atoms with Crippen LogP contribution in [0.3, 0.4) is 0 Å². The van der Waals surface area contributed by atoms with Gasteiger partial charge in [0.25, 0.3) is 0 Å². The van der Waals surface area contributed by atoms with Gasteiger partial charge in [0, 0.05) is 41.1 Å². The molecule has 18 heavy (non-hydrogen) atoms. The van der Waals surface area contributed by atoms with Crippen LogP contribution in [0, 0.1) is 0 Å². The van der Waals surface area contributed by atoms with Gasteiger partial charge in [0.2, 0.25) is 0 Å². The Morgan fingerprint density at radius 1 is 1.50 bits per heavy atom. The highest BCUT2D eigenvalue weighted by molar-refractivity contribution is 7.84. The maximum Gasteiger partial charge on any atom is 0.0419 e. The summed E-state index contributed by atoms with van der Waals surface area (Å²) in [5, 5.41) is 7.17. The summed E-state index contributed by atoms with van der Waals surface area (Å²) in [6.45, 7) is 4.90. The fourth-order valence-corrected chi connectivity index (χ4v) is 2.70. The summed E-state index contributed by atoms with van der Waals surface area (Å²) in [5.74, 6) is 0. The normalized spacial score (nSPS) is 17.0. The van der Waals surface area contributed by atoms with E-state index in [0.717, 1.165) is 32.5 Å². The van der Waals surface area contributed by atoms with Gasteiger partial charge < -0.3 is 10.6 Å². The lowest BCUT2D eigenvalue weighted by atomic mass is 10.1. The highest BCUT2D eigenvalue weighted by atomic mass is 32.2. The third-order valence-corrected chi connectivity index (χ3v) is 4.91. The van der Waals surface area contributed by atoms with Gasteiger partial charge in [0.15, 0.2) is 0 Å². The third-order valence-electron chi connectivity index (χ3n) is 3.54. The van der Waals surface area contributed by atoms with Gasteiger partial charge in [0.1, 0.15) is 0 Å². The van der Waals surface area contributed by atoms with Gasteiger partial charge in [-0.25, -0.2) is 0 Å². The predicted octanol–water partition coefficient (Wildman–Crippen LogP) is 1.90. The zero-order valence-corrected chi connectivity index (χ0v) is 12.0. The lowest BCUT2D eigenvalue weighted by molar-refractivity contribution is 0.629. The summed E-state index contributed by atoms with van der Waals surface area (Å²) < 4.78 is 11.2. The number of hydrogen-bond acceptors (Lipinski definition) is 3. The molecule has 0 fully saturated rings. The molecular formula is C14H22N2OS. The lowest BCUT2D eigenvalue weighted by Gasteiger charge is -2.12. The van der Waals surface area contributed by atoms with E-state index in [0.29, 0.717) is 0 Å². The quantitative estimate of drug-likeness (QED) is 0.773. The summed E-state index contributed by atoms with van der Waals surface area (Å²) in [5.41, 5.74) is 4.09. The smallest absolute Gasteiger partial charge is 0.0419 e. The molecule has 2 atom stereocenters. The second-order valence-corrected chi connectivity index (χ2v) is 6.70. The molecule has 0 amide bonds. The summed E-state index contributed by atoms with van der Waals surface area (Å²) in [7, 11) is -0.710. The topological polar surface area (TPSA) is 41.1 Å². The van der Waals surface area contributed by atoms with E-state index in [9.17, 15) is 4.21 Å². The maximum absolute atomic E-state index is 11.2. The van der Waals surface area contributed by atoms with Crippen LogP contribution in [0.5, 0.6) is 0 Å². The molecule has 2 rings (SSSR count). The van der Waals surface area contributed by atoms with Crippen LogP contribution in [0.15, 0.2) is 18.2 Å². The van der Waals surface area contributed by atoms with E-state index in [4.69, 9.17) is 0 Å². The van der Waals surface area contributed by atoms with Crippen molar-refractivity contribution in [3.8, 4) is 0 Å². The molecule has 0 saturated carbocycles. The van der Waals surface area contributed by atoms with Crippen molar-refractivity contribution in [2.45, 2.75) is 31.6 Å². The summed E-state index contributed by atoms with van der Waals surface area (Å²) >= 11 is 0. The maximum atomic E-state index is 11.2. The van der Waals surface area contributed by atoms with Crippen LogP contribution in [-0.4, -0.2) is 28.8 Å². The van der Waals surface area contributed by atoms with Gasteiger partial charge in [-0.1, -0.05) is 25.1 Å². The van der Waals surface area contributed by atoms with Crippen molar-refractivity contribution in [1.82, 2.24) is 5.32 Å². The summed E-state index contributed by atoms with van der Waals surface area (Å²) in [4.78, 5) is 0. The average Bonchev–Trinajstić information content (AvgIpc) is 2.83. The molecule has 0 aromatic heterocycles. The zero-order valence-electron chi connectivity index (χ0n) is 11.2. The van der Waals surface area contributed by atoms with Crippen LogP contribution in [0.4, 0.5) is 5.69 Å². The first-order chi connectivity index (χ1) is 8.68. The monoisotopic (exact) mass is 266 g/mol. The van der Waals surface area contributed by atoms with Gasteiger partial charge >= 0.3 is 0 Å². The van der Waals surface area contributed by atoms with E-state index in [-0.39, 0.29) is 5.25 Å². The zero-order chi connectivity index (χ0) is 13.0. The summed E-state index contributed by atoms with van der Waals surface area (Å²) in [6.07, 6.45) is 3.87. The molecule has 1 aromatic rings. The highest BCUT2D eigenvalue weighted by Gasteiger charge is 2.13. The number of rotatable bonds is 6. The predicted molar refractivity (Wildman–Crippen MR) is 78.5 cm³/mol. The molecule has 1 aliphatic rings. The molecule has 1 aliphatic heterocycles. The van der Waals surface area contributed by atoms with Gasteiger partial charge in [-0.05, 0) is 30.5 Å². The fraction of sp³-hybridized carbons (Fsp3) is 0.571. The molecule has 1 heterocycles. The number of anilines is 1. The Labute approximate surface area is 112 Å². The number of para-hydroxylation sites is 1. The molecule has 2 unspecified atom stereocenters. The van der Waals surface area contributed by atoms with E-state index in [1.54, 1.807) is 6.26 Å². The minimum atomic E-state index is -0.710. The van der Waals surface area contributed by atoms with Crippen LogP contribution < -0.4 is 10.6 Å². The Bertz CT molecular complexity index is 434. The van der Waals surface area contributed by atoms with Crippen molar-refractivity contribution in [2.75, 3.05) is 24.7 Å². The second kappa shape index (κ2) is 6.34. The molecule has 0 saturated heterocycles. The van der Waals surface area contributed by atoms with Gasteiger partial charge in [-0.3, -0.25) is 4.21 Å². The Balaban J connectivity index is 1.81. The van der Waals surface area contributed by atoms with E-state index in [1.807, 2.05) is 6.92 Å². The van der Waals surface area contributed by atoms with E-state index >= 15 is 0 Å². The molecule has 0 aliphatic carbocycles. The molecule has 0 bridgehead atoms. The minimum Gasteiger partial charge on any atom is -0.384 e. The van der Waals surface area contributed by atoms with Crippen LogP contribution in [0.25, 0.3) is 0 Å². The van der Waals surface area contributed by atoms with E-state index in [2.05, 4.69) is 28.8 Å². The fourth-order valence-electron chi connectivity index (χ4n) is 2.25. The number of nitrogens with one attached hydrogen (secondary N) is 2. The molecule has 4 heteroatoms. The molecule has 100 valence electrons. The molecule has 3 nitrogen and oxygen atoms in total. The Kier molecular flexibility index (Phi) is 4.78. The Morgan fingerprint density at radius 2 is 2.33 bits per heavy atom. The van der Waals surface area contributed by atoms with Crippen LogP contribution in [0.2, 0.25) is 0 Å². The van der Waals surface area contributed by atoms with Crippen molar-refractivity contribution < 1.29 is 4.21 Å². The highest BCUT2D eigenvalue weighted by Crippen LogP contribution is 2.26. The van der Waals surface area contributed by atoms with Crippen molar-refractivity contribution in [1.29, 1.82) is 0 Å². The third kappa shape index (κ3) is 3.33. The molecule has 1 aromatic carbocycles.